The maximum absolute atomic E-state index is 11.2. The lowest BCUT2D eigenvalue weighted by atomic mass is 9.80. The maximum atomic E-state index is 11.2. The summed E-state index contributed by atoms with van der Waals surface area (Å²) in [5.74, 6) is 0.0240. The first-order valence-electron chi connectivity index (χ1n) is 8.54. The van der Waals surface area contributed by atoms with Gasteiger partial charge in [0.05, 0.1) is 4.92 Å². The SMILES string of the molecule is CC(C)(C)c1cc(N=Nc2ccc(Cl)cc2[N+](=O)[O-])c(O)c(C(C)(C)C)c1. The molecule has 0 aliphatic heterocycles. The van der Waals surface area contributed by atoms with Gasteiger partial charge in [-0.2, -0.15) is 0 Å². The van der Waals surface area contributed by atoms with Gasteiger partial charge in [0.25, 0.3) is 5.69 Å². The van der Waals surface area contributed by atoms with E-state index in [0.29, 0.717) is 0 Å². The van der Waals surface area contributed by atoms with Crippen molar-refractivity contribution in [2.75, 3.05) is 0 Å². The van der Waals surface area contributed by atoms with Crippen molar-refractivity contribution in [3.8, 4) is 5.75 Å². The third-order valence-electron chi connectivity index (χ3n) is 4.16. The highest BCUT2D eigenvalue weighted by atomic mass is 35.5. The number of azo groups is 1. The third kappa shape index (κ3) is 4.83. The van der Waals surface area contributed by atoms with Crippen molar-refractivity contribution in [2.45, 2.75) is 52.4 Å². The van der Waals surface area contributed by atoms with E-state index >= 15 is 0 Å². The van der Waals surface area contributed by atoms with E-state index < -0.39 is 4.92 Å². The monoisotopic (exact) mass is 389 g/mol. The highest BCUT2D eigenvalue weighted by Gasteiger charge is 2.25. The summed E-state index contributed by atoms with van der Waals surface area (Å²) in [6.07, 6.45) is 0. The molecule has 0 saturated heterocycles. The van der Waals surface area contributed by atoms with Crippen LogP contribution in [0.15, 0.2) is 40.6 Å². The predicted molar refractivity (Wildman–Crippen MR) is 108 cm³/mol. The summed E-state index contributed by atoms with van der Waals surface area (Å²) in [7, 11) is 0. The number of hydrogen-bond acceptors (Lipinski definition) is 5. The minimum Gasteiger partial charge on any atom is -0.505 e. The first kappa shape index (κ1) is 20.8. The summed E-state index contributed by atoms with van der Waals surface area (Å²) >= 11 is 5.83. The van der Waals surface area contributed by atoms with Gasteiger partial charge >= 0.3 is 0 Å². The van der Waals surface area contributed by atoms with Crippen LogP contribution in [0.4, 0.5) is 17.1 Å². The Balaban J connectivity index is 2.63. The van der Waals surface area contributed by atoms with Crippen molar-refractivity contribution >= 4 is 28.7 Å². The highest BCUT2D eigenvalue weighted by Crippen LogP contribution is 2.42. The molecule has 0 unspecified atom stereocenters. The molecule has 0 saturated carbocycles. The van der Waals surface area contributed by atoms with E-state index in [1.54, 1.807) is 6.07 Å². The second-order valence-electron chi connectivity index (χ2n) is 8.48. The molecule has 0 radical (unpaired) electrons. The van der Waals surface area contributed by atoms with Gasteiger partial charge in [-0.25, -0.2) is 0 Å². The standard InChI is InChI=1S/C20H24ClN3O3/c1-19(2,3)12-9-14(20(4,5)6)18(25)16(10-12)23-22-15-8-7-13(21)11-17(15)24(26)27/h7-11,25H,1-6H3. The van der Waals surface area contributed by atoms with Crippen molar-refractivity contribution in [2.24, 2.45) is 10.2 Å². The van der Waals surface area contributed by atoms with E-state index in [1.165, 1.54) is 18.2 Å². The second kappa shape index (κ2) is 7.27. The summed E-state index contributed by atoms with van der Waals surface area (Å²) in [6.45, 7) is 12.2. The van der Waals surface area contributed by atoms with Crippen LogP contribution in [0.5, 0.6) is 5.75 Å². The Morgan fingerprint density at radius 3 is 2.07 bits per heavy atom. The molecule has 0 aromatic heterocycles. The van der Waals surface area contributed by atoms with E-state index in [2.05, 4.69) is 31.0 Å². The summed E-state index contributed by atoms with van der Waals surface area (Å²) < 4.78 is 0. The van der Waals surface area contributed by atoms with Gasteiger partial charge < -0.3 is 5.11 Å². The Labute approximate surface area is 164 Å². The lowest BCUT2D eigenvalue weighted by Gasteiger charge is -2.26. The molecule has 0 amide bonds. The average molecular weight is 390 g/mol. The molecule has 2 aromatic carbocycles. The number of nitro groups is 1. The van der Waals surface area contributed by atoms with Gasteiger partial charge in [0, 0.05) is 16.7 Å². The molecular weight excluding hydrogens is 366 g/mol. The number of phenols is 1. The van der Waals surface area contributed by atoms with Gasteiger partial charge in [-0.15, -0.1) is 10.2 Å². The molecule has 0 heterocycles. The number of aromatic hydroxyl groups is 1. The molecule has 1 N–H and O–H groups in total. The van der Waals surface area contributed by atoms with E-state index in [0.717, 1.165) is 11.1 Å². The first-order chi connectivity index (χ1) is 12.3. The molecule has 0 fully saturated rings. The molecule has 0 atom stereocenters. The lowest BCUT2D eigenvalue weighted by Crippen LogP contribution is -2.16. The molecule has 0 bridgehead atoms. The second-order valence-corrected chi connectivity index (χ2v) is 8.92. The quantitative estimate of drug-likeness (QED) is 0.349. The number of rotatable bonds is 3. The number of nitro benzene ring substituents is 1. The number of nitrogens with zero attached hydrogens (tertiary/aromatic N) is 3. The van der Waals surface area contributed by atoms with E-state index in [9.17, 15) is 15.2 Å². The maximum Gasteiger partial charge on any atom is 0.298 e. The molecular formula is C20H24ClN3O3. The topological polar surface area (TPSA) is 88.1 Å². The molecule has 0 aliphatic rings. The smallest absolute Gasteiger partial charge is 0.298 e. The zero-order valence-electron chi connectivity index (χ0n) is 16.4. The van der Waals surface area contributed by atoms with Gasteiger partial charge in [-0.3, -0.25) is 10.1 Å². The van der Waals surface area contributed by atoms with Gasteiger partial charge in [0.2, 0.25) is 0 Å². The molecule has 7 heteroatoms. The lowest BCUT2D eigenvalue weighted by molar-refractivity contribution is -0.384. The summed E-state index contributed by atoms with van der Waals surface area (Å²) in [5, 5.41) is 30.3. The van der Waals surface area contributed by atoms with E-state index in [1.807, 2.05) is 26.8 Å². The van der Waals surface area contributed by atoms with Crippen LogP contribution in [0.2, 0.25) is 5.02 Å². The number of phenolic OH excluding ortho intramolecular Hbond substituents is 1. The van der Waals surface area contributed by atoms with Crippen LogP contribution in [0.3, 0.4) is 0 Å². The molecule has 27 heavy (non-hydrogen) atoms. The zero-order chi connectivity index (χ0) is 20.6. The number of hydrogen-bond donors (Lipinski definition) is 1. The summed E-state index contributed by atoms with van der Waals surface area (Å²) in [5.41, 5.74) is 1.37. The largest absolute Gasteiger partial charge is 0.505 e. The van der Waals surface area contributed by atoms with Crippen LogP contribution in [0.25, 0.3) is 0 Å². The Morgan fingerprint density at radius 1 is 0.963 bits per heavy atom. The zero-order valence-corrected chi connectivity index (χ0v) is 17.1. The van der Waals surface area contributed by atoms with Crippen molar-refractivity contribution < 1.29 is 10.0 Å². The van der Waals surface area contributed by atoms with Crippen molar-refractivity contribution in [1.82, 2.24) is 0 Å². The average Bonchev–Trinajstić information content (AvgIpc) is 2.52. The van der Waals surface area contributed by atoms with Gasteiger partial charge in [0.15, 0.2) is 5.69 Å². The van der Waals surface area contributed by atoms with Crippen molar-refractivity contribution in [3.05, 3.63) is 56.6 Å². The molecule has 0 aliphatic carbocycles. The molecule has 6 nitrogen and oxygen atoms in total. The first-order valence-corrected chi connectivity index (χ1v) is 8.92. The molecule has 2 rings (SSSR count). The van der Waals surface area contributed by atoms with Crippen molar-refractivity contribution in [1.29, 1.82) is 0 Å². The number of halogens is 1. The van der Waals surface area contributed by atoms with Gasteiger partial charge in [0.1, 0.15) is 11.4 Å². The van der Waals surface area contributed by atoms with Crippen LogP contribution in [-0.2, 0) is 10.8 Å². The minimum atomic E-state index is -0.563. The Morgan fingerprint density at radius 2 is 1.56 bits per heavy atom. The van der Waals surface area contributed by atoms with Crippen LogP contribution in [-0.4, -0.2) is 10.0 Å². The fraction of sp³-hybridized carbons (Fsp3) is 0.400. The minimum absolute atomic E-state index is 0.0240. The fourth-order valence-electron chi connectivity index (χ4n) is 2.54. The third-order valence-corrected chi connectivity index (χ3v) is 4.40. The van der Waals surface area contributed by atoms with E-state index in [4.69, 9.17) is 11.6 Å². The molecule has 144 valence electrons. The summed E-state index contributed by atoms with van der Waals surface area (Å²) in [6, 6.07) is 7.89. The van der Waals surface area contributed by atoms with Crippen LogP contribution < -0.4 is 0 Å². The molecule has 2 aromatic rings. The Hall–Kier alpha value is -2.47. The van der Waals surface area contributed by atoms with Gasteiger partial charge in [-0.1, -0.05) is 59.2 Å². The van der Waals surface area contributed by atoms with Gasteiger partial charge in [-0.05, 0) is 34.6 Å². The van der Waals surface area contributed by atoms with Crippen LogP contribution in [0, 0.1) is 10.1 Å². The number of benzene rings is 2. The van der Waals surface area contributed by atoms with Crippen molar-refractivity contribution in [3.63, 3.8) is 0 Å². The summed E-state index contributed by atoms with van der Waals surface area (Å²) in [4.78, 5) is 10.7. The predicted octanol–water partition coefficient (Wildman–Crippen LogP) is 6.96. The van der Waals surface area contributed by atoms with Crippen LogP contribution in [0.1, 0.15) is 52.7 Å². The fourth-order valence-corrected chi connectivity index (χ4v) is 2.70. The Kier molecular flexibility index (Phi) is 5.61. The molecule has 0 spiro atoms. The highest BCUT2D eigenvalue weighted by molar-refractivity contribution is 6.30. The van der Waals surface area contributed by atoms with E-state index in [-0.39, 0.29) is 38.7 Å². The normalized spacial score (nSPS) is 12.6. The Bertz CT molecular complexity index is 910. The van der Waals surface area contributed by atoms with Crippen LogP contribution >= 0.6 is 11.6 Å².